The minimum Gasteiger partial charge on any atom is -0.466 e. The molecule has 0 spiro atoms. The average molecular weight is 288 g/mol. The van der Waals surface area contributed by atoms with Crippen LogP contribution in [0, 0.1) is 0 Å². The van der Waals surface area contributed by atoms with Crippen molar-refractivity contribution < 1.29 is 9.53 Å². The summed E-state index contributed by atoms with van der Waals surface area (Å²) >= 11 is 0. The number of rotatable bonds is 7. The third-order valence-electron chi connectivity index (χ3n) is 3.19. The minimum absolute atomic E-state index is 0.0772. The van der Waals surface area contributed by atoms with Gasteiger partial charge in [-0.25, -0.2) is 0 Å². The highest BCUT2D eigenvalue weighted by Crippen LogP contribution is 2.09. The van der Waals surface area contributed by atoms with Crippen molar-refractivity contribution in [3.05, 3.63) is 46.2 Å². The van der Waals surface area contributed by atoms with Crippen LogP contribution in [0.3, 0.4) is 0 Å². The highest BCUT2D eigenvalue weighted by Gasteiger charge is 2.03. The van der Waals surface area contributed by atoms with Crippen molar-refractivity contribution in [2.45, 2.75) is 26.3 Å². The fraction of sp³-hybridized carbons (Fsp3) is 0.375. The van der Waals surface area contributed by atoms with Gasteiger partial charge in [0.15, 0.2) is 0 Å². The maximum absolute atomic E-state index is 11.9. The molecule has 5 nitrogen and oxygen atoms in total. The SMILES string of the molecule is CCOC(=O)CCCNCc1cc2ccccc2[nH]c1=O. The Morgan fingerprint density at radius 1 is 1.33 bits per heavy atom. The van der Waals surface area contributed by atoms with E-state index in [1.54, 1.807) is 6.92 Å². The summed E-state index contributed by atoms with van der Waals surface area (Å²) in [5.41, 5.74) is 1.46. The lowest BCUT2D eigenvalue weighted by Crippen LogP contribution is -2.22. The van der Waals surface area contributed by atoms with Crippen molar-refractivity contribution in [2.75, 3.05) is 13.2 Å². The maximum atomic E-state index is 11.9. The van der Waals surface area contributed by atoms with E-state index in [-0.39, 0.29) is 11.5 Å². The Hall–Kier alpha value is -2.14. The fourth-order valence-corrected chi connectivity index (χ4v) is 2.14. The number of carbonyl (C=O) groups excluding carboxylic acids is 1. The predicted octanol–water partition coefficient (Wildman–Crippen LogP) is 1.96. The van der Waals surface area contributed by atoms with Gasteiger partial charge in [-0.3, -0.25) is 9.59 Å². The van der Waals surface area contributed by atoms with E-state index in [1.165, 1.54) is 0 Å². The van der Waals surface area contributed by atoms with Crippen molar-refractivity contribution >= 4 is 16.9 Å². The molecule has 0 saturated heterocycles. The predicted molar refractivity (Wildman–Crippen MR) is 82.1 cm³/mol. The topological polar surface area (TPSA) is 71.2 Å². The number of para-hydroxylation sites is 1. The second kappa shape index (κ2) is 7.59. The molecule has 1 aromatic heterocycles. The van der Waals surface area contributed by atoms with Crippen LogP contribution in [0.2, 0.25) is 0 Å². The number of aromatic nitrogens is 1. The van der Waals surface area contributed by atoms with Gasteiger partial charge in [-0.1, -0.05) is 18.2 Å². The molecule has 112 valence electrons. The molecule has 0 bridgehead atoms. The van der Waals surface area contributed by atoms with Gasteiger partial charge in [0.05, 0.1) is 6.61 Å². The van der Waals surface area contributed by atoms with Gasteiger partial charge in [0.25, 0.3) is 5.56 Å². The van der Waals surface area contributed by atoms with Crippen LogP contribution in [-0.2, 0) is 16.1 Å². The number of nitrogens with one attached hydrogen (secondary N) is 2. The Balaban J connectivity index is 1.85. The summed E-state index contributed by atoms with van der Waals surface area (Å²) in [5, 5.41) is 4.19. The van der Waals surface area contributed by atoms with E-state index in [9.17, 15) is 9.59 Å². The van der Waals surface area contributed by atoms with Gasteiger partial charge in [0, 0.05) is 24.0 Å². The normalized spacial score (nSPS) is 10.7. The first-order valence-corrected chi connectivity index (χ1v) is 7.18. The van der Waals surface area contributed by atoms with E-state index < -0.39 is 0 Å². The molecule has 0 atom stereocenters. The first kappa shape index (κ1) is 15.3. The number of esters is 1. The average Bonchev–Trinajstić information content (AvgIpc) is 2.47. The molecule has 2 aromatic rings. The summed E-state index contributed by atoms with van der Waals surface area (Å²) in [5.74, 6) is -0.178. The van der Waals surface area contributed by atoms with Gasteiger partial charge in [-0.05, 0) is 37.4 Å². The van der Waals surface area contributed by atoms with Crippen molar-refractivity contribution in [3.8, 4) is 0 Å². The van der Waals surface area contributed by atoms with Crippen LogP contribution in [-0.4, -0.2) is 24.1 Å². The van der Waals surface area contributed by atoms with Crippen molar-refractivity contribution in [1.29, 1.82) is 0 Å². The summed E-state index contributed by atoms with van der Waals surface area (Å²) < 4.78 is 4.85. The number of carbonyl (C=O) groups is 1. The Bertz CT molecular complexity index is 664. The van der Waals surface area contributed by atoms with Crippen molar-refractivity contribution in [1.82, 2.24) is 10.3 Å². The lowest BCUT2D eigenvalue weighted by atomic mass is 10.1. The summed E-state index contributed by atoms with van der Waals surface area (Å²) in [4.78, 5) is 26.0. The Morgan fingerprint density at radius 2 is 2.14 bits per heavy atom. The van der Waals surface area contributed by atoms with Crippen LogP contribution in [0.15, 0.2) is 35.1 Å². The van der Waals surface area contributed by atoms with Crippen LogP contribution >= 0.6 is 0 Å². The molecule has 2 rings (SSSR count). The van der Waals surface area contributed by atoms with E-state index in [0.29, 0.717) is 38.1 Å². The number of ether oxygens (including phenoxy) is 1. The molecule has 0 aliphatic heterocycles. The first-order valence-electron chi connectivity index (χ1n) is 7.18. The third kappa shape index (κ3) is 4.43. The van der Waals surface area contributed by atoms with Gasteiger partial charge in [0.2, 0.25) is 0 Å². The van der Waals surface area contributed by atoms with E-state index in [4.69, 9.17) is 4.74 Å². The quantitative estimate of drug-likeness (QED) is 0.603. The summed E-state index contributed by atoms with van der Waals surface area (Å²) in [6.45, 7) is 3.37. The summed E-state index contributed by atoms with van der Waals surface area (Å²) in [6.07, 6.45) is 1.10. The molecule has 1 heterocycles. The zero-order chi connectivity index (χ0) is 15.1. The summed E-state index contributed by atoms with van der Waals surface area (Å²) in [7, 11) is 0. The van der Waals surface area contributed by atoms with Gasteiger partial charge >= 0.3 is 5.97 Å². The minimum atomic E-state index is -0.178. The highest BCUT2D eigenvalue weighted by atomic mass is 16.5. The van der Waals surface area contributed by atoms with Crippen LogP contribution in [0.4, 0.5) is 0 Å². The molecule has 0 aliphatic carbocycles. The molecule has 0 saturated carbocycles. The Labute approximate surface area is 123 Å². The van der Waals surface area contributed by atoms with Gasteiger partial charge in [0.1, 0.15) is 0 Å². The smallest absolute Gasteiger partial charge is 0.305 e. The lowest BCUT2D eigenvalue weighted by molar-refractivity contribution is -0.143. The molecule has 1 aromatic carbocycles. The number of aromatic amines is 1. The molecule has 0 unspecified atom stereocenters. The molecule has 0 amide bonds. The zero-order valence-electron chi connectivity index (χ0n) is 12.1. The fourth-order valence-electron chi connectivity index (χ4n) is 2.14. The molecule has 2 N–H and O–H groups in total. The standard InChI is InChI=1S/C16H20N2O3/c1-2-21-15(19)8-5-9-17-11-13-10-12-6-3-4-7-14(12)18-16(13)20/h3-4,6-7,10,17H,2,5,8-9,11H2,1H3,(H,18,20). The largest absolute Gasteiger partial charge is 0.466 e. The van der Waals surface area contributed by atoms with E-state index in [0.717, 1.165) is 10.9 Å². The van der Waals surface area contributed by atoms with Crippen LogP contribution in [0.5, 0.6) is 0 Å². The van der Waals surface area contributed by atoms with Crippen LogP contribution in [0.1, 0.15) is 25.3 Å². The number of H-pyrrole nitrogens is 1. The zero-order valence-corrected chi connectivity index (χ0v) is 12.1. The second-order valence-corrected chi connectivity index (χ2v) is 4.80. The Morgan fingerprint density at radius 3 is 2.95 bits per heavy atom. The number of benzene rings is 1. The molecule has 0 aliphatic rings. The van der Waals surface area contributed by atoms with Gasteiger partial charge < -0.3 is 15.0 Å². The molecule has 0 fully saturated rings. The third-order valence-corrected chi connectivity index (χ3v) is 3.19. The van der Waals surface area contributed by atoms with Crippen LogP contribution in [0.25, 0.3) is 10.9 Å². The maximum Gasteiger partial charge on any atom is 0.305 e. The molecule has 5 heteroatoms. The number of pyridine rings is 1. The first-order chi connectivity index (χ1) is 10.2. The monoisotopic (exact) mass is 288 g/mol. The highest BCUT2D eigenvalue weighted by molar-refractivity contribution is 5.78. The van der Waals surface area contributed by atoms with E-state index in [2.05, 4.69) is 10.3 Å². The van der Waals surface area contributed by atoms with Crippen molar-refractivity contribution in [2.24, 2.45) is 0 Å². The van der Waals surface area contributed by atoms with E-state index >= 15 is 0 Å². The van der Waals surface area contributed by atoms with Gasteiger partial charge in [-0.2, -0.15) is 0 Å². The molecule has 0 radical (unpaired) electrons. The lowest BCUT2D eigenvalue weighted by Gasteiger charge is -2.06. The second-order valence-electron chi connectivity index (χ2n) is 4.80. The molecular weight excluding hydrogens is 268 g/mol. The number of fused-ring (bicyclic) bond motifs is 1. The Kier molecular flexibility index (Phi) is 5.51. The number of hydrogen-bond donors (Lipinski definition) is 2. The number of hydrogen-bond acceptors (Lipinski definition) is 4. The van der Waals surface area contributed by atoms with E-state index in [1.807, 2.05) is 30.3 Å². The van der Waals surface area contributed by atoms with Crippen LogP contribution < -0.4 is 10.9 Å². The molecule has 21 heavy (non-hydrogen) atoms. The van der Waals surface area contributed by atoms with Crippen molar-refractivity contribution in [3.63, 3.8) is 0 Å². The van der Waals surface area contributed by atoms with Gasteiger partial charge in [-0.15, -0.1) is 0 Å². The molecular formula is C16H20N2O3. The summed E-state index contributed by atoms with van der Waals surface area (Å²) in [6, 6.07) is 9.58.